The van der Waals surface area contributed by atoms with Gasteiger partial charge in [-0.1, -0.05) is 17.3 Å². The molecule has 90 valence electrons. The van der Waals surface area contributed by atoms with Crippen LogP contribution >= 0.6 is 0 Å². The summed E-state index contributed by atoms with van der Waals surface area (Å²) in [6, 6.07) is 5.87. The Hall–Kier alpha value is -1.82. The Labute approximate surface area is 96.5 Å². The van der Waals surface area contributed by atoms with E-state index < -0.39 is 5.92 Å². The second-order valence-corrected chi connectivity index (χ2v) is 3.75. The maximum absolute atomic E-state index is 13.1. The standard InChI is InChI=1S/C11H11F2N3O/c1-11(12,13)8-3-2-4-10(5-8)16-6-9(7-17)14-15-16/h2-6,17H,7H2,1H3. The fourth-order valence-electron chi connectivity index (χ4n) is 1.42. The van der Waals surface area contributed by atoms with E-state index in [4.69, 9.17) is 5.11 Å². The Morgan fingerprint density at radius 2 is 2.18 bits per heavy atom. The monoisotopic (exact) mass is 239 g/mol. The zero-order valence-electron chi connectivity index (χ0n) is 9.14. The van der Waals surface area contributed by atoms with Crippen molar-refractivity contribution in [2.75, 3.05) is 0 Å². The van der Waals surface area contributed by atoms with Gasteiger partial charge >= 0.3 is 0 Å². The highest BCUT2D eigenvalue weighted by Crippen LogP contribution is 2.27. The van der Waals surface area contributed by atoms with Gasteiger partial charge in [0.15, 0.2) is 0 Å². The lowest BCUT2D eigenvalue weighted by Crippen LogP contribution is -2.08. The van der Waals surface area contributed by atoms with Crippen LogP contribution in [0.1, 0.15) is 18.2 Å². The maximum Gasteiger partial charge on any atom is 0.270 e. The van der Waals surface area contributed by atoms with E-state index in [-0.39, 0.29) is 12.2 Å². The largest absolute Gasteiger partial charge is 0.390 e. The van der Waals surface area contributed by atoms with Gasteiger partial charge in [-0.05, 0) is 12.1 Å². The van der Waals surface area contributed by atoms with Crippen LogP contribution in [0.4, 0.5) is 8.78 Å². The number of hydrogen-bond acceptors (Lipinski definition) is 3. The maximum atomic E-state index is 13.1. The number of aliphatic hydroxyl groups excluding tert-OH is 1. The van der Waals surface area contributed by atoms with Crippen LogP contribution in [0.25, 0.3) is 5.69 Å². The minimum Gasteiger partial charge on any atom is -0.390 e. The summed E-state index contributed by atoms with van der Waals surface area (Å²) < 4.78 is 27.6. The lowest BCUT2D eigenvalue weighted by Gasteiger charge is -2.11. The summed E-state index contributed by atoms with van der Waals surface area (Å²) in [6.45, 7) is 0.607. The van der Waals surface area contributed by atoms with Crippen LogP contribution in [-0.2, 0) is 12.5 Å². The van der Waals surface area contributed by atoms with Gasteiger partial charge in [0.1, 0.15) is 5.69 Å². The molecule has 0 bridgehead atoms. The molecule has 0 radical (unpaired) electrons. The first-order valence-corrected chi connectivity index (χ1v) is 5.01. The average Bonchev–Trinajstić information content (AvgIpc) is 2.76. The third-order valence-electron chi connectivity index (χ3n) is 2.32. The molecule has 2 rings (SSSR count). The van der Waals surface area contributed by atoms with Crippen LogP contribution < -0.4 is 0 Å². The predicted octanol–water partition coefficient (Wildman–Crippen LogP) is 1.87. The van der Waals surface area contributed by atoms with Crippen molar-refractivity contribution in [3.8, 4) is 5.69 Å². The molecule has 2 aromatic rings. The first kappa shape index (κ1) is 11.7. The van der Waals surface area contributed by atoms with E-state index in [2.05, 4.69) is 10.3 Å². The Balaban J connectivity index is 2.39. The molecule has 6 heteroatoms. The molecule has 0 saturated carbocycles. The SMILES string of the molecule is CC(F)(F)c1cccc(-n2cc(CO)nn2)c1. The third kappa shape index (κ3) is 2.47. The van der Waals surface area contributed by atoms with E-state index in [0.717, 1.165) is 6.92 Å². The topological polar surface area (TPSA) is 50.9 Å². The second kappa shape index (κ2) is 4.21. The summed E-state index contributed by atoms with van der Waals surface area (Å²) >= 11 is 0. The predicted molar refractivity (Wildman–Crippen MR) is 56.8 cm³/mol. The number of halogens is 2. The molecule has 0 aliphatic rings. The van der Waals surface area contributed by atoms with Crippen LogP contribution in [0.15, 0.2) is 30.5 Å². The molecule has 0 saturated heterocycles. The normalized spacial score (nSPS) is 11.8. The summed E-state index contributed by atoms with van der Waals surface area (Å²) in [7, 11) is 0. The highest BCUT2D eigenvalue weighted by molar-refractivity contribution is 5.36. The van der Waals surface area contributed by atoms with Gasteiger partial charge in [0.05, 0.1) is 18.5 Å². The molecule has 0 spiro atoms. The number of hydrogen-bond donors (Lipinski definition) is 1. The van der Waals surface area contributed by atoms with Crippen molar-refractivity contribution >= 4 is 0 Å². The van der Waals surface area contributed by atoms with E-state index in [0.29, 0.717) is 11.4 Å². The summed E-state index contributed by atoms with van der Waals surface area (Å²) in [4.78, 5) is 0. The molecule has 0 fully saturated rings. The van der Waals surface area contributed by atoms with Gasteiger partial charge in [-0.25, -0.2) is 13.5 Å². The molecule has 0 atom stereocenters. The molecule has 0 aliphatic carbocycles. The number of alkyl halides is 2. The number of aromatic nitrogens is 3. The van der Waals surface area contributed by atoms with E-state index in [9.17, 15) is 8.78 Å². The second-order valence-electron chi connectivity index (χ2n) is 3.75. The van der Waals surface area contributed by atoms with E-state index in [1.165, 1.54) is 29.1 Å². The molecule has 0 amide bonds. The fraction of sp³-hybridized carbons (Fsp3) is 0.273. The lowest BCUT2D eigenvalue weighted by atomic mass is 10.1. The quantitative estimate of drug-likeness (QED) is 0.889. The van der Waals surface area contributed by atoms with Crippen LogP contribution in [0.2, 0.25) is 0 Å². The fourth-order valence-corrected chi connectivity index (χ4v) is 1.42. The number of aliphatic hydroxyl groups is 1. The van der Waals surface area contributed by atoms with Gasteiger partial charge < -0.3 is 5.11 Å². The third-order valence-corrected chi connectivity index (χ3v) is 2.32. The van der Waals surface area contributed by atoms with Gasteiger partial charge in [0.2, 0.25) is 0 Å². The van der Waals surface area contributed by atoms with Gasteiger partial charge in [-0.2, -0.15) is 0 Å². The van der Waals surface area contributed by atoms with Crippen LogP contribution in [-0.4, -0.2) is 20.1 Å². The molecule has 1 heterocycles. The highest BCUT2D eigenvalue weighted by atomic mass is 19.3. The highest BCUT2D eigenvalue weighted by Gasteiger charge is 2.24. The van der Waals surface area contributed by atoms with Crippen molar-refractivity contribution in [1.82, 2.24) is 15.0 Å². The average molecular weight is 239 g/mol. The van der Waals surface area contributed by atoms with Gasteiger partial charge in [0.25, 0.3) is 5.92 Å². The van der Waals surface area contributed by atoms with Crippen LogP contribution in [0.3, 0.4) is 0 Å². The lowest BCUT2D eigenvalue weighted by molar-refractivity contribution is 0.0174. The molecule has 1 aromatic heterocycles. The number of benzene rings is 1. The zero-order chi connectivity index (χ0) is 12.5. The first-order chi connectivity index (χ1) is 8.00. The smallest absolute Gasteiger partial charge is 0.270 e. The Kier molecular flexibility index (Phi) is 2.89. The molecule has 0 aliphatic heterocycles. The summed E-state index contributed by atoms with van der Waals surface area (Å²) in [5.41, 5.74) is 0.783. The van der Waals surface area contributed by atoms with Crippen LogP contribution in [0, 0.1) is 0 Å². The first-order valence-electron chi connectivity index (χ1n) is 5.01. The number of nitrogens with zero attached hydrogens (tertiary/aromatic N) is 3. The molecule has 1 aromatic carbocycles. The van der Waals surface area contributed by atoms with Gasteiger partial charge in [-0.15, -0.1) is 5.10 Å². The van der Waals surface area contributed by atoms with E-state index in [1.54, 1.807) is 6.07 Å². The molecule has 4 nitrogen and oxygen atoms in total. The summed E-state index contributed by atoms with van der Waals surface area (Å²) in [5.74, 6) is -2.89. The molecule has 1 N–H and O–H groups in total. The van der Waals surface area contributed by atoms with Crippen molar-refractivity contribution in [2.24, 2.45) is 0 Å². The Bertz CT molecular complexity index is 519. The minimum absolute atomic E-state index is 0.0870. The minimum atomic E-state index is -2.89. The summed E-state index contributed by atoms with van der Waals surface area (Å²) in [5, 5.41) is 16.3. The summed E-state index contributed by atoms with van der Waals surface area (Å²) in [6.07, 6.45) is 1.49. The van der Waals surface area contributed by atoms with Crippen molar-refractivity contribution in [1.29, 1.82) is 0 Å². The molecule has 0 unspecified atom stereocenters. The van der Waals surface area contributed by atoms with Crippen molar-refractivity contribution in [3.05, 3.63) is 41.7 Å². The zero-order valence-corrected chi connectivity index (χ0v) is 9.14. The van der Waals surface area contributed by atoms with E-state index >= 15 is 0 Å². The van der Waals surface area contributed by atoms with Crippen molar-refractivity contribution in [3.63, 3.8) is 0 Å². The van der Waals surface area contributed by atoms with Crippen molar-refractivity contribution in [2.45, 2.75) is 19.5 Å². The molecule has 17 heavy (non-hydrogen) atoms. The van der Waals surface area contributed by atoms with Gasteiger partial charge in [0, 0.05) is 12.5 Å². The molecular weight excluding hydrogens is 228 g/mol. The van der Waals surface area contributed by atoms with Gasteiger partial charge in [-0.3, -0.25) is 0 Å². The van der Waals surface area contributed by atoms with E-state index in [1.807, 2.05) is 0 Å². The number of rotatable bonds is 3. The van der Waals surface area contributed by atoms with Crippen LogP contribution in [0.5, 0.6) is 0 Å². The molecular formula is C11H11F2N3O. The Morgan fingerprint density at radius 1 is 1.41 bits per heavy atom. The van der Waals surface area contributed by atoms with Crippen molar-refractivity contribution < 1.29 is 13.9 Å². The Morgan fingerprint density at radius 3 is 2.76 bits per heavy atom.